The number of carboxylic acid groups (broad SMARTS) is 1. The van der Waals surface area contributed by atoms with Crippen LogP contribution >= 0.6 is 0 Å². The van der Waals surface area contributed by atoms with Gasteiger partial charge in [-0.2, -0.15) is 5.10 Å². The highest BCUT2D eigenvalue weighted by Gasteiger charge is 2.29. The van der Waals surface area contributed by atoms with Gasteiger partial charge in [-0.3, -0.25) is 19.6 Å². The number of nitrogens with two attached hydrogens (primary N) is 1. The van der Waals surface area contributed by atoms with Crippen molar-refractivity contribution in [2.24, 2.45) is 5.73 Å². The highest BCUT2D eigenvalue weighted by atomic mass is 16.5. The lowest BCUT2D eigenvalue weighted by Crippen LogP contribution is -2.31. The van der Waals surface area contributed by atoms with Gasteiger partial charge < -0.3 is 25.0 Å². The SMILES string of the molecule is CCn1nc(C)cc1C(=O)Nc1nc2cc(C(N)=O)cc3c2n1[C@@H](CCCN(Cc1ccccc1)C(=O)O)CO3. The van der Waals surface area contributed by atoms with Crippen molar-refractivity contribution >= 4 is 34.9 Å². The lowest BCUT2D eigenvalue weighted by molar-refractivity contribution is 0.0995. The first-order valence-corrected chi connectivity index (χ1v) is 13.1. The molecule has 4 N–H and O–H groups in total. The van der Waals surface area contributed by atoms with Crippen LogP contribution < -0.4 is 15.8 Å². The van der Waals surface area contributed by atoms with E-state index in [9.17, 15) is 19.5 Å². The summed E-state index contributed by atoms with van der Waals surface area (Å²) in [5.41, 5.74) is 8.90. The number of imidazole rings is 1. The number of anilines is 1. The molecule has 40 heavy (non-hydrogen) atoms. The van der Waals surface area contributed by atoms with E-state index in [4.69, 9.17) is 10.5 Å². The number of primary amides is 1. The van der Waals surface area contributed by atoms with Crippen molar-refractivity contribution in [1.29, 1.82) is 0 Å². The van der Waals surface area contributed by atoms with Crippen LogP contribution in [0.5, 0.6) is 5.75 Å². The molecule has 5 rings (SSSR count). The van der Waals surface area contributed by atoms with E-state index in [1.807, 2.05) is 48.7 Å². The molecule has 0 aliphatic carbocycles. The molecule has 0 bridgehead atoms. The first-order valence-electron chi connectivity index (χ1n) is 13.1. The molecule has 2 aromatic heterocycles. The molecule has 0 radical (unpaired) electrons. The number of aromatic nitrogens is 4. The predicted octanol–water partition coefficient (Wildman–Crippen LogP) is 3.81. The van der Waals surface area contributed by atoms with Gasteiger partial charge in [-0.25, -0.2) is 9.78 Å². The molecule has 4 aromatic rings. The third-order valence-electron chi connectivity index (χ3n) is 6.94. The number of ether oxygens (including phenoxy) is 1. The Labute approximate surface area is 230 Å². The standard InChI is InChI=1S/C28H31N7O5/c1-3-34-22(12-17(2)32-34)26(37)31-27-30-21-13-19(25(29)36)14-23-24(21)35(27)20(16-40-23)10-7-11-33(28(38)39)15-18-8-5-4-6-9-18/h4-6,8-9,12-14,20H,3,7,10-11,15-16H2,1-2H3,(H2,29,36)(H,38,39)(H,30,31,37)/t20-/m0/s1. The normalized spacial score (nSPS) is 14.1. The van der Waals surface area contributed by atoms with Crippen molar-refractivity contribution in [1.82, 2.24) is 24.2 Å². The van der Waals surface area contributed by atoms with Crippen molar-refractivity contribution in [3.05, 3.63) is 71.0 Å². The molecule has 208 valence electrons. The molecule has 1 aliphatic rings. The highest BCUT2D eigenvalue weighted by Crippen LogP contribution is 2.38. The fourth-order valence-electron chi connectivity index (χ4n) is 5.06. The number of rotatable bonds is 10. The van der Waals surface area contributed by atoms with Crippen LogP contribution in [0.15, 0.2) is 48.5 Å². The van der Waals surface area contributed by atoms with E-state index >= 15 is 0 Å². The number of carbonyl (C=O) groups excluding carboxylic acids is 2. The number of nitrogens with zero attached hydrogens (tertiary/aromatic N) is 5. The van der Waals surface area contributed by atoms with Crippen molar-refractivity contribution < 1.29 is 24.2 Å². The van der Waals surface area contributed by atoms with Crippen molar-refractivity contribution in [2.45, 2.75) is 45.8 Å². The second-order valence-electron chi connectivity index (χ2n) is 9.75. The average Bonchev–Trinajstić information content (AvgIpc) is 3.50. The maximum Gasteiger partial charge on any atom is 0.407 e. The van der Waals surface area contributed by atoms with Gasteiger partial charge in [0.1, 0.15) is 23.6 Å². The summed E-state index contributed by atoms with van der Waals surface area (Å²) in [6.45, 7) is 5.11. The fourth-order valence-corrected chi connectivity index (χ4v) is 5.06. The number of hydrogen-bond acceptors (Lipinski definition) is 6. The Balaban J connectivity index is 1.42. The second kappa shape index (κ2) is 11.1. The monoisotopic (exact) mass is 545 g/mol. The maximum atomic E-state index is 13.3. The van der Waals surface area contributed by atoms with Gasteiger partial charge in [0.05, 0.1) is 17.3 Å². The van der Waals surface area contributed by atoms with E-state index < -0.39 is 12.0 Å². The lowest BCUT2D eigenvalue weighted by Gasteiger charge is -2.28. The van der Waals surface area contributed by atoms with E-state index in [2.05, 4.69) is 15.4 Å². The molecular formula is C28H31N7O5. The van der Waals surface area contributed by atoms with E-state index in [0.29, 0.717) is 54.4 Å². The van der Waals surface area contributed by atoms with Crippen LogP contribution in [0.3, 0.4) is 0 Å². The van der Waals surface area contributed by atoms with E-state index in [1.165, 1.54) is 4.90 Å². The molecule has 12 nitrogen and oxygen atoms in total. The topological polar surface area (TPSA) is 158 Å². The first-order chi connectivity index (χ1) is 19.2. The van der Waals surface area contributed by atoms with Gasteiger partial charge in [0, 0.05) is 25.2 Å². The summed E-state index contributed by atoms with van der Waals surface area (Å²) in [6, 6.07) is 14.1. The minimum Gasteiger partial charge on any atom is -0.489 e. The Morgan fingerprint density at radius 3 is 2.67 bits per heavy atom. The second-order valence-corrected chi connectivity index (χ2v) is 9.75. The quantitative estimate of drug-likeness (QED) is 0.273. The molecule has 2 aromatic carbocycles. The smallest absolute Gasteiger partial charge is 0.407 e. The van der Waals surface area contributed by atoms with Gasteiger partial charge in [0.15, 0.2) is 0 Å². The average molecular weight is 546 g/mol. The third-order valence-corrected chi connectivity index (χ3v) is 6.94. The van der Waals surface area contributed by atoms with E-state index in [0.717, 1.165) is 11.3 Å². The highest BCUT2D eigenvalue weighted by molar-refractivity contribution is 6.04. The number of hydrogen-bond donors (Lipinski definition) is 3. The maximum absolute atomic E-state index is 13.3. The van der Waals surface area contributed by atoms with Crippen LogP contribution in [0.1, 0.15) is 57.9 Å². The first kappa shape index (κ1) is 26.7. The van der Waals surface area contributed by atoms with E-state index in [1.54, 1.807) is 22.9 Å². The zero-order valence-electron chi connectivity index (χ0n) is 22.3. The van der Waals surface area contributed by atoms with Gasteiger partial charge in [-0.05, 0) is 50.5 Å². The molecule has 0 saturated heterocycles. The molecule has 0 fully saturated rings. The van der Waals surface area contributed by atoms with Gasteiger partial charge in [0.2, 0.25) is 11.9 Å². The van der Waals surface area contributed by atoms with Gasteiger partial charge >= 0.3 is 6.09 Å². The minimum absolute atomic E-state index is 0.238. The molecule has 3 amide bonds. The number of carbonyl (C=O) groups is 3. The number of aryl methyl sites for hydroxylation is 2. The van der Waals surface area contributed by atoms with Gasteiger partial charge in [-0.1, -0.05) is 30.3 Å². The lowest BCUT2D eigenvalue weighted by atomic mass is 10.1. The number of benzene rings is 2. The zero-order chi connectivity index (χ0) is 28.4. The number of amides is 3. The van der Waals surface area contributed by atoms with Crippen molar-refractivity contribution in [3.8, 4) is 5.75 Å². The Bertz CT molecular complexity index is 1580. The van der Waals surface area contributed by atoms with Crippen molar-refractivity contribution in [2.75, 3.05) is 18.5 Å². The van der Waals surface area contributed by atoms with Crippen molar-refractivity contribution in [3.63, 3.8) is 0 Å². The molecular weight excluding hydrogens is 514 g/mol. The summed E-state index contributed by atoms with van der Waals surface area (Å²) in [5, 5.41) is 17.0. The Morgan fingerprint density at radius 2 is 1.98 bits per heavy atom. The predicted molar refractivity (Wildman–Crippen MR) is 147 cm³/mol. The van der Waals surface area contributed by atoms with Crippen LogP contribution in [0.4, 0.5) is 10.7 Å². The Kier molecular flexibility index (Phi) is 7.41. The molecule has 0 saturated carbocycles. The summed E-state index contributed by atoms with van der Waals surface area (Å²) >= 11 is 0. The van der Waals surface area contributed by atoms with Crippen LogP contribution in [0.2, 0.25) is 0 Å². The third kappa shape index (κ3) is 5.33. The minimum atomic E-state index is -0.992. The van der Waals surface area contributed by atoms with Gasteiger partial charge in [0.25, 0.3) is 5.91 Å². The Morgan fingerprint density at radius 1 is 1.20 bits per heavy atom. The summed E-state index contributed by atoms with van der Waals surface area (Å²) in [5.74, 6) is -0.229. The largest absolute Gasteiger partial charge is 0.489 e. The van der Waals surface area contributed by atoms with Crippen LogP contribution in [-0.4, -0.2) is 60.4 Å². The summed E-state index contributed by atoms with van der Waals surface area (Å²) in [6.07, 6.45) is 0.126. The number of nitrogens with one attached hydrogen (secondary N) is 1. The molecule has 1 aliphatic heterocycles. The summed E-state index contributed by atoms with van der Waals surface area (Å²) < 4.78 is 9.54. The Hall–Kier alpha value is -4.87. The molecule has 3 heterocycles. The van der Waals surface area contributed by atoms with E-state index in [-0.39, 0.29) is 30.7 Å². The summed E-state index contributed by atoms with van der Waals surface area (Å²) in [4.78, 5) is 43.1. The molecule has 0 spiro atoms. The fraction of sp³-hybridized carbons (Fsp3) is 0.321. The van der Waals surface area contributed by atoms with Gasteiger partial charge in [-0.15, -0.1) is 0 Å². The summed E-state index contributed by atoms with van der Waals surface area (Å²) in [7, 11) is 0. The zero-order valence-corrected chi connectivity index (χ0v) is 22.3. The molecule has 1 atom stereocenters. The van der Waals surface area contributed by atoms with Crippen LogP contribution in [0.25, 0.3) is 11.0 Å². The van der Waals surface area contributed by atoms with Crippen LogP contribution in [-0.2, 0) is 13.1 Å². The molecule has 12 heteroatoms. The van der Waals surface area contributed by atoms with Crippen LogP contribution in [0, 0.1) is 6.92 Å². The molecule has 0 unspecified atom stereocenters.